The maximum atomic E-state index is 11.2. The van der Waals surface area contributed by atoms with E-state index in [-0.39, 0.29) is 17.1 Å². The van der Waals surface area contributed by atoms with E-state index in [4.69, 9.17) is 5.11 Å². The topological polar surface area (TPSA) is 73.7 Å². The van der Waals surface area contributed by atoms with Gasteiger partial charge in [0.1, 0.15) is 6.73 Å². The SMILES string of the molecule is O.O=c1sc2ccccc2n1CO. The van der Waals surface area contributed by atoms with Gasteiger partial charge in [0.2, 0.25) is 0 Å². The molecule has 13 heavy (non-hydrogen) atoms. The molecule has 0 aliphatic heterocycles. The third kappa shape index (κ3) is 1.49. The van der Waals surface area contributed by atoms with Crippen LogP contribution in [-0.2, 0) is 6.73 Å². The lowest BCUT2D eigenvalue weighted by Crippen LogP contribution is -2.11. The number of fused-ring (bicyclic) bond motifs is 1. The molecule has 1 aromatic carbocycles. The van der Waals surface area contributed by atoms with Gasteiger partial charge >= 0.3 is 4.87 Å². The van der Waals surface area contributed by atoms with E-state index in [1.807, 2.05) is 24.3 Å². The average molecular weight is 199 g/mol. The lowest BCUT2D eigenvalue weighted by atomic mass is 10.3. The molecule has 70 valence electrons. The van der Waals surface area contributed by atoms with Crippen molar-refractivity contribution in [2.24, 2.45) is 0 Å². The highest BCUT2D eigenvalue weighted by atomic mass is 32.1. The van der Waals surface area contributed by atoms with Crippen molar-refractivity contribution < 1.29 is 10.6 Å². The highest BCUT2D eigenvalue weighted by Crippen LogP contribution is 2.15. The third-order valence-corrected chi connectivity index (χ3v) is 2.68. The summed E-state index contributed by atoms with van der Waals surface area (Å²) in [5, 5.41) is 8.87. The van der Waals surface area contributed by atoms with Gasteiger partial charge < -0.3 is 10.6 Å². The molecule has 0 aliphatic rings. The zero-order valence-electron chi connectivity index (χ0n) is 6.73. The molecule has 2 aromatic rings. The van der Waals surface area contributed by atoms with Crippen LogP contribution in [-0.4, -0.2) is 15.1 Å². The molecule has 5 heteroatoms. The summed E-state index contributed by atoms with van der Waals surface area (Å²) in [5.41, 5.74) is 0.801. The van der Waals surface area contributed by atoms with Gasteiger partial charge in [-0.2, -0.15) is 0 Å². The van der Waals surface area contributed by atoms with Gasteiger partial charge in [-0.05, 0) is 12.1 Å². The van der Waals surface area contributed by atoms with E-state index in [9.17, 15) is 4.79 Å². The van der Waals surface area contributed by atoms with Gasteiger partial charge in [-0.15, -0.1) is 0 Å². The number of benzene rings is 1. The van der Waals surface area contributed by atoms with E-state index in [2.05, 4.69) is 0 Å². The molecule has 4 nitrogen and oxygen atoms in total. The van der Waals surface area contributed by atoms with Crippen molar-refractivity contribution in [1.29, 1.82) is 0 Å². The first-order valence-electron chi connectivity index (χ1n) is 3.52. The molecule has 0 bridgehead atoms. The van der Waals surface area contributed by atoms with Gasteiger partial charge in [-0.3, -0.25) is 9.36 Å². The van der Waals surface area contributed by atoms with Crippen LogP contribution in [0, 0.1) is 0 Å². The Bertz CT molecular complexity index is 460. The molecule has 0 spiro atoms. The van der Waals surface area contributed by atoms with Crippen LogP contribution in [0.4, 0.5) is 0 Å². The van der Waals surface area contributed by atoms with Crippen LogP contribution in [0.5, 0.6) is 0 Å². The highest BCUT2D eigenvalue weighted by Gasteiger charge is 2.03. The molecule has 3 N–H and O–H groups in total. The normalized spacial score (nSPS) is 9.92. The summed E-state index contributed by atoms with van der Waals surface area (Å²) in [4.78, 5) is 11.1. The fourth-order valence-corrected chi connectivity index (χ4v) is 2.03. The van der Waals surface area contributed by atoms with E-state index < -0.39 is 0 Å². The molecular formula is C8H9NO3S. The molecule has 0 atom stereocenters. The second-order valence-electron chi connectivity index (χ2n) is 2.41. The Morgan fingerprint density at radius 3 is 2.77 bits per heavy atom. The van der Waals surface area contributed by atoms with Crippen LogP contribution in [0.2, 0.25) is 0 Å². The minimum absolute atomic E-state index is 0. The van der Waals surface area contributed by atoms with E-state index in [0.717, 1.165) is 21.6 Å². The lowest BCUT2D eigenvalue weighted by molar-refractivity contribution is 0.213. The number of nitrogens with zero attached hydrogens (tertiary/aromatic N) is 1. The molecule has 0 unspecified atom stereocenters. The summed E-state index contributed by atoms with van der Waals surface area (Å²) < 4.78 is 2.26. The Hall–Kier alpha value is -1.17. The molecule has 1 heterocycles. The van der Waals surface area contributed by atoms with Crippen molar-refractivity contribution in [1.82, 2.24) is 4.57 Å². The average Bonchev–Trinajstić information content (AvgIpc) is 2.40. The number of para-hydroxylation sites is 1. The Morgan fingerprint density at radius 2 is 2.08 bits per heavy atom. The third-order valence-electron chi connectivity index (χ3n) is 1.72. The molecule has 0 fully saturated rings. The van der Waals surface area contributed by atoms with Crippen LogP contribution < -0.4 is 4.87 Å². The number of aliphatic hydroxyl groups excluding tert-OH is 1. The predicted octanol–water partition coefficient (Wildman–Crippen LogP) is 0.188. The molecule has 2 rings (SSSR count). The van der Waals surface area contributed by atoms with E-state index in [0.29, 0.717) is 0 Å². The lowest BCUT2D eigenvalue weighted by Gasteiger charge is -1.94. The largest absolute Gasteiger partial charge is 0.412 e. The van der Waals surface area contributed by atoms with Gasteiger partial charge in [0, 0.05) is 0 Å². The number of rotatable bonds is 1. The Balaban J connectivity index is 0.000000845. The van der Waals surface area contributed by atoms with Gasteiger partial charge in [-0.25, -0.2) is 0 Å². The van der Waals surface area contributed by atoms with Crippen LogP contribution in [0.25, 0.3) is 10.2 Å². The molecule has 1 aromatic heterocycles. The summed E-state index contributed by atoms with van der Waals surface area (Å²) in [6.07, 6.45) is 0. The number of hydrogen-bond donors (Lipinski definition) is 1. The first kappa shape index (κ1) is 9.91. The van der Waals surface area contributed by atoms with Gasteiger partial charge in [-0.1, -0.05) is 23.5 Å². The molecule has 0 aliphatic carbocycles. The van der Waals surface area contributed by atoms with Crippen molar-refractivity contribution in [3.63, 3.8) is 0 Å². The molecule has 0 saturated heterocycles. The Labute approximate surface area is 78.0 Å². The van der Waals surface area contributed by atoms with Crippen LogP contribution in [0.1, 0.15) is 0 Å². The minimum Gasteiger partial charge on any atom is -0.412 e. The maximum absolute atomic E-state index is 11.2. The van der Waals surface area contributed by atoms with Crippen molar-refractivity contribution in [3.05, 3.63) is 33.9 Å². The second kappa shape index (κ2) is 3.69. The van der Waals surface area contributed by atoms with E-state index >= 15 is 0 Å². The molecule has 0 amide bonds. The molecular weight excluding hydrogens is 190 g/mol. The van der Waals surface area contributed by atoms with Crippen molar-refractivity contribution >= 4 is 21.6 Å². The first-order valence-corrected chi connectivity index (χ1v) is 4.34. The van der Waals surface area contributed by atoms with Crippen LogP contribution in [0.15, 0.2) is 29.1 Å². The molecule has 0 radical (unpaired) electrons. The summed E-state index contributed by atoms with van der Waals surface area (Å²) in [6.45, 7) is -0.247. The van der Waals surface area contributed by atoms with E-state index in [1.54, 1.807) is 0 Å². The molecule has 0 saturated carbocycles. The fraction of sp³-hybridized carbons (Fsp3) is 0.125. The number of aliphatic hydroxyl groups is 1. The quantitative estimate of drug-likeness (QED) is 0.711. The Kier molecular flexibility index (Phi) is 2.82. The standard InChI is InChI=1S/C8H7NO2S.H2O/c10-5-9-6-3-1-2-4-7(6)12-8(9)11;/h1-4,10H,5H2;1H2. The Morgan fingerprint density at radius 1 is 1.38 bits per heavy atom. The summed E-state index contributed by atoms with van der Waals surface area (Å²) in [5.74, 6) is 0. The second-order valence-corrected chi connectivity index (χ2v) is 3.40. The van der Waals surface area contributed by atoms with Crippen LogP contribution >= 0.6 is 11.3 Å². The van der Waals surface area contributed by atoms with Crippen molar-refractivity contribution in [2.45, 2.75) is 6.73 Å². The number of hydrogen-bond acceptors (Lipinski definition) is 3. The fourth-order valence-electron chi connectivity index (χ4n) is 1.15. The smallest absolute Gasteiger partial charge is 0.310 e. The predicted molar refractivity (Wildman–Crippen MR) is 51.9 cm³/mol. The minimum atomic E-state index is -0.247. The zero-order chi connectivity index (χ0) is 8.55. The summed E-state index contributed by atoms with van der Waals surface area (Å²) in [6, 6.07) is 7.41. The monoisotopic (exact) mass is 199 g/mol. The number of thiazole rings is 1. The highest BCUT2D eigenvalue weighted by molar-refractivity contribution is 7.16. The summed E-state index contributed by atoms with van der Waals surface area (Å²) >= 11 is 1.15. The van der Waals surface area contributed by atoms with Crippen LogP contribution in [0.3, 0.4) is 0 Å². The van der Waals surface area contributed by atoms with E-state index in [1.165, 1.54) is 4.57 Å². The zero-order valence-corrected chi connectivity index (χ0v) is 7.54. The number of aromatic nitrogens is 1. The van der Waals surface area contributed by atoms with Gasteiger partial charge in [0.05, 0.1) is 10.2 Å². The van der Waals surface area contributed by atoms with Crippen molar-refractivity contribution in [2.75, 3.05) is 0 Å². The maximum Gasteiger partial charge on any atom is 0.310 e. The van der Waals surface area contributed by atoms with Crippen molar-refractivity contribution in [3.8, 4) is 0 Å². The summed E-state index contributed by atoms with van der Waals surface area (Å²) in [7, 11) is 0. The first-order chi connectivity index (χ1) is 5.83. The van der Waals surface area contributed by atoms with Gasteiger partial charge in [0.25, 0.3) is 0 Å². The van der Waals surface area contributed by atoms with Gasteiger partial charge in [0.15, 0.2) is 0 Å².